The zero-order valence-electron chi connectivity index (χ0n) is 11.1. The third-order valence-electron chi connectivity index (χ3n) is 3.11. The summed E-state index contributed by atoms with van der Waals surface area (Å²) in [6.45, 7) is 4.15. The van der Waals surface area contributed by atoms with Crippen LogP contribution < -0.4 is 5.32 Å². The molecule has 0 radical (unpaired) electrons. The van der Waals surface area contributed by atoms with E-state index in [0.717, 1.165) is 22.1 Å². The fourth-order valence-electron chi connectivity index (χ4n) is 2.08. The normalized spacial score (nSPS) is 12.2. The van der Waals surface area contributed by atoms with Gasteiger partial charge in [0.2, 0.25) is 0 Å². The highest BCUT2D eigenvalue weighted by atomic mass is 79.9. The average molecular weight is 322 g/mol. The first-order chi connectivity index (χ1) is 9.10. The summed E-state index contributed by atoms with van der Waals surface area (Å²) in [6, 6.07) is 13.0. The molecule has 2 aromatic rings. The van der Waals surface area contributed by atoms with Gasteiger partial charge in [0.25, 0.3) is 0 Å². The van der Waals surface area contributed by atoms with E-state index in [-0.39, 0.29) is 11.9 Å². The van der Waals surface area contributed by atoms with E-state index in [9.17, 15) is 4.39 Å². The quantitative estimate of drug-likeness (QED) is 0.788. The van der Waals surface area contributed by atoms with Crippen molar-refractivity contribution in [3.05, 3.63) is 63.9 Å². The van der Waals surface area contributed by atoms with Gasteiger partial charge in [-0.15, -0.1) is 0 Å². The molecule has 1 N–H and O–H groups in total. The van der Waals surface area contributed by atoms with E-state index in [1.807, 2.05) is 12.1 Å². The van der Waals surface area contributed by atoms with E-state index in [1.54, 1.807) is 12.1 Å². The molecule has 0 saturated carbocycles. The van der Waals surface area contributed by atoms with Crippen molar-refractivity contribution in [2.75, 3.05) is 5.32 Å². The maximum absolute atomic E-state index is 13.3. The molecule has 0 heterocycles. The second-order valence-corrected chi connectivity index (χ2v) is 5.50. The minimum atomic E-state index is -0.193. The Morgan fingerprint density at radius 1 is 1.21 bits per heavy atom. The predicted octanol–water partition coefficient (Wildman–Crippen LogP) is 5.46. The number of benzene rings is 2. The van der Waals surface area contributed by atoms with Gasteiger partial charge in [0.05, 0.1) is 6.04 Å². The van der Waals surface area contributed by atoms with Crippen LogP contribution in [0.2, 0.25) is 0 Å². The third kappa shape index (κ3) is 3.57. The van der Waals surface area contributed by atoms with Gasteiger partial charge < -0.3 is 5.32 Å². The molecule has 0 amide bonds. The van der Waals surface area contributed by atoms with E-state index in [2.05, 4.69) is 47.2 Å². The molecule has 0 fully saturated rings. The van der Waals surface area contributed by atoms with E-state index in [0.29, 0.717) is 0 Å². The van der Waals surface area contributed by atoms with Crippen molar-refractivity contribution in [1.29, 1.82) is 0 Å². The lowest BCUT2D eigenvalue weighted by atomic mass is 10.0. The first kappa shape index (κ1) is 14.1. The molecule has 1 atom stereocenters. The van der Waals surface area contributed by atoms with Crippen molar-refractivity contribution in [2.45, 2.75) is 26.3 Å². The van der Waals surface area contributed by atoms with Gasteiger partial charge in [-0.25, -0.2) is 4.39 Å². The second kappa shape index (κ2) is 6.20. The summed E-state index contributed by atoms with van der Waals surface area (Å²) in [4.78, 5) is 0. The van der Waals surface area contributed by atoms with Crippen molar-refractivity contribution in [1.82, 2.24) is 0 Å². The highest BCUT2D eigenvalue weighted by molar-refractivity contribution is 9.10. The maximum Gasteiger partial charge on any atom is 0.123 e. The predicted molar refractivity (Wildman–Crippen MR) is 81.9 cm³/mol. The van der Waals surface area contributed by atoms with Crippen LogP contribution in [-0.4, -0.2) is 0 Å². The lowest BCUT2D eigenvalue weighted by molar-refractivity contribution is 0.621. The standard InChI is InChI=1S/C16H17BrFN/c1-3-15(12-5-4-6-13(18)10-12)19-16-9-11(2)7-8-14(16)17/h4-10,15,19H,3H2,1-2H3. The Kier molecular flexibility index (Phi) is 4.59. The van der Waals surface area contributed by atoms with Gasteiger partial charge in [-0.1, -0.05) is 25.1 Å². The summed E-state index contributed by atoms with van der Waals surface area (Å²) < 4.78 is 14.3. The Labute approximate surface area is 122 Å². The molecule has 0 saturated heterocycles. The van der Waals surface area contributed by atoms with Gasteiger partial charge in [0, 0.05) is 10.2 Å². The van der Waals surface area contributed by atoms with Crippen molar-refractivity contribution >= 4 is 21.6 Å². The van der Waals surface area contributed by atoms with Crippen LogP contribution in [0.3, 0.4) is 0 Å². The number of hydrogen-bond donors (Lipinski definition) is 1. The molecule has 0 aliphatic heterocycles. The van der Waals surface area contributed by atoms with Crippen LogP contribution >= 0.6 is 15.9 Å². The van der Waals surface area contributed by atoms with Crippen LogP contribution in [-0.2, 0) is 0 Å². The minimum absolute atomic E-state index is 0.105. The van der Waals surface area contributed by atoms with E-state index in [4.69, 9.17) is 0 Å². The van der Waals surface area contributed by atoms with Gasteiger partial charge in [-0.3, -0.25) is 0 Å². The van der Waals surface area contributed by atoms with Crippen molar-refractivity contribution in [3.63, 3.8) is 0 Å². The van der Waals surface area contributed by atoms with Crippen LogP contribution in [0.15, 0.2) is 46.9 Å². The fourth-order valence-corrected chi connectivity index (χ4v) is 2.44. The molecule has 0 bridgehead atoms. The van der Waals surface area contributed by atoms with Crippen LogP contribution in [0.25, 0.3) is 0 Å². The number of anilines is 1. The maximum atomic E-state index is 13.3. The number of nitrogens with one attached hydrogen (secondary N) is 1. The van der Waals surface area contributed by atoms with Gasteiger partial charge in [-0.05, 0) is 64.7 Å². The van der Waals surface area contributed by atoms with Crippen LogP contribution in [0.4, 0.5) is 10.1 Å². The van der Waals surface area contributed by atoms with E-state index >= 15 is 0 Å². The topological polar surface area (TPSA) is 12.0 Å². The number of rotatable bonds is 4. The Balaban J connectivity index is 2.26. The van der Waals surface area contributed by atoms with Crippen LogP contribution in [0.5, 0.6) is 0 Å². The number of halogens is 2. The van der Waals surface area contributed by atoms with Crippen LogP contribution in [0, 0.1) is 12.7 Å². The molecule has 3 heteroatoms. The zero-order chi connectivity index (χ0) is 13.8. The zero-order valence-corrected chi connectivity index (χ0v) is 12.7. The molecule has 1 nitrogen and oxygen atoms in total. The van der Waals surface area contributed by atoms with Crippen molar-refractivity contribution in [3.8, 4) is 0 Å². The molecule has 0 aliphatic rings. The molecule has 19 heavy (non-hydrogen) atoms. The summed E-state index contributed by atoms with van der Waals surface area (Å²) in [7, 11) is 0. The molecule has 0 spiro atoms. The lowest BCUT2D eigenvalue weighted by Gasteiger charge is -2.20. The molecule has 100 valence electrons. The summed E-state index contributed by atoms with van der Waals surface area (Å²) in [5.74, 6) is -0.193. The smallest absolute Gasteiger partial charge is 0.123 e. The van der Waals surface area contributed by atoms with Crippen molar-refractivity contribution < 1.29 is 4.39 Å². The summed E-state index contributed by atoms with van der Waals surface area (Å²) in [5, 5.41) is 3.47. The molecule has 0 aliphatic carbocycles. The first-order valence-electron chi connectivity index (χ1n) is 6.38. The molecule has 1 unspecified atom stereocenters. The van der Waals surface area contributed by atoms with E-state index in [1.165, 1.54) is 11.6 Å². The Morgan fingerprint density at radius 2 is 2.00 bits per heavy atom. The lowest BCUT2D eigenvalue weighted by Crippen LogP contribution is -2.10. The second-order valence-electron chi connectivity index (χ2n) is 4.64. The molecule has 2 aromatic carbocycles. The van der Waals surface area contributed by atoms with E-state index < -0.39 is 0 Å². The van der Waals surface area contributed by atoms with Gasteiger partial charge in [0.15, 0.2) is 0 Å². The number of hydrogen-bond acceptors (Lipinski definition) is 1. The van der Waals surface area contributed by atoms with Gasteiger partial charge in [0.1, 0.15) is 5.82 Å². The summed E-state index contributed by atoms with van der Waals surface area (Å²) >= 11 is 3.54. The Bertz CT molecular complexity index is 568. The van der Waals surface area contributed by atoms with Gasteiger partial charge >= 0.3 is 0 Å². The largest absolute Gasteiger partial charge is 0.377 e. The van der Waals surface area contributed by atoms with Gasteiger partial charge in [-0.2, -0.15) is 0 Å². The first-order valence-corrected chi connectivity index (χ1v) is 7.17. The summed E-state index contributed by atoms with van der Waals surface area (Å²) in [6.07, 6.45) is 0.893. The third-order valence-corrected chi connectivity index (χ3v) is 3.80. The fraction of sp³-hybridized carbons (Fsp3) is 0.250. The average Bonchev–Trinajstić information content (AvgIpc) is 2.39. The minimum Gasteiger partial charge on any atom is -0.377 e. The molecular weight excluding hydrogens is 305 g/mol. The Hall–Kier alpha value is -1.35. The SMILES string of the molecule is CCC(Nc1cc(C)ccc1Br)c1cccc(F)c1. The molecule has 2 rings (SSSR count). The number of aryl methyl sites for hydroxylation is 1. The highest BCUT2D eigenvalue weighted by Gasteiger charge is 2.11. The highest BCUT2D eigenvalue weighted by Crippen LogP contribution is 2.29. The van der Waals surface area contributed by atoms with Crippen LogP contribution in [0.1, 0.15) is 30.5 Å². The van der Waals surface area contributed by atoms with Crippen molar-refractivity contribution in [2.24, 2.45) is 0 Å². The summed E-state index contributed by atoms with van der Waals surface area (Å²) in [5.41, 5.74) is 3.20. The molecular formula is C16H17BrFN. The Morgan fingerprint density at radius 3 is 2.68 bits per heavy atom. The molecule has 0 aromatic heterocycles. The monoisotopic (exact) mass is 321 g/mol.